The van der Waals surface area contributed by atoms with E-state index in [1.165, 1.54) is 11.0 Å². The average molecular weight is 535 g/mol. The number of carbonyl (C=O) groups is 2. The van der Waals surface area contributed by atoms with Gasteiger partial charge in [0.15, 0.2) is 5.75 Å². The first-order valence-electron chi connectivity index (χ1n) is 11.8. The number of methoxy groups -OCH3 is 1. The third-order valence-corrected chi connectivity index (χ3v) is 6.72. The third kappa shape index (κ3) is 7.04. The summed E-state index contributed by atoms with van der Waals surface area (Å²) in [7, 11) is -0.492. The molecular formula is C25H34N4O7S. The van der Waals surface area contributed by atoms with E-state index in [2.05, 4.69) is 10.0 Å². The highest BCUT2D eigenvalue weighted by atomic mass is 32.2. The maximum atomic E-state index is 13.4. The van der Waals surface area contributed by atoms with E-state index in [-0.39, 0.29) is 54.6 Å². The second-order valence-electron chi connectivity index (χ2n) is 9.22. The van der Waals surface area contributed by atoms with Crippen LogP contribution in [-0.2, 0) is 10.0 Å². The van der Waals surface area contributed by atoms with Crippen LogP contribution in [0.1, 0.15) is 24.2 Å². The number of fused-ring (bicyclic) bond motifs is 1. The zero-order chi connectivity index (χ0) is 27.3. The molecule has 11 nitrogen and oxygen atoms in total. The molecule has 3 N–H and O–H groups in total. The molecular weight excluding hydrogens is 500 g/mol. The molecule has 12 heteroatoms. The molecule has 3 amide bonds. The van der Waals surface area contributed by atoms with E-state index in [9.17, 15) is 23.1 Å². The Kier molecular flexibility index (Phi) is 8.87. The van der Waals surface area contributed by atoms with Crippen molar-refractivity contribution in [3.05, 3.63) is 48.0 Å². The van der Waals surface area contributed by atoms with Crippen LogP contribution < -0.4 is 19.5 Å². The largest absolute Gasteiger partial charge is 0.497 e. The Bertz CT molecular complexity index is 1220. The van der Waals surface area contributed by atoms with Crippen molar-refractivity contribution in [2.24, 2.45) is 5.92 Å². The lowest BCUT2D eigenvalue weighted by atomic mass is 9.99. The van der Waals surface area contributed by atoms with E-state index in [4.69, 9.17) is 9.47 Å². The van der Waals surface area contributed by atoms with E-state index in [0.29, 0.717) is 11.4 Å². The summed E-state index contributed by atoms with van der Waals surface area (Å²) >= 11 is 0. The van der Waals surface area contributed by atoms with Gasteiger partial charge in [-0.15, -0.1) is 0 Å². The first-order valence-corrected chi connectivity index (χ1v) is 13.7. The molecule has 0 saturated heterocycles. The highest BCUT2D eigenvalue weighted by molar-refractivity contribution is 7.92. The Morgan fingerprint density at radius 1 is 1.27 bits per heavy atom. The van der Waals surface area contributed by atoms with Gasteiger partial charge in [-0.05, 0) is 43.3 Å². The van der Waals surface area contributed by atoms with E-state index < -0.39 is 22.2 Å². The molecule has 37 heavy (non-hydrogen) atoms. The summed E-state index contributed by atoms with van der Waals surface area (Å²) in [5.74, 6) is 0.0864. The highest BCUT2D eigenvalue weighted by Crippen LogP contribution is 2.35. The van der Waals surface area contributed by atoms with Gasteiger partial charge >= 0.3 is 6.03 Å². The van der Waals surface area contributed by atoms with Gasteiger partial charge in [-0.3, -0.25) is 9.52 Å². The van der Waals surface area contributed by atoms with Crippen LogP contribution in [0.5, 0.6) is 11.5 Å². The van der Waals surface area contributed by atoms with E-state index in [1.807, 2.05) is 6.92 Å². The fourth-order valence-electron chi connectivity index (χ4n) is 3.99. The van der Waals surface area contributed by atoms with Crippen molar-refractivity contribution in [2.45, 2.75) is 26.0 Å². The Morgan fingerprint density at radius 2 is 1.95 bits per heavy atom. The second kappa shape index (κ2) is 11.7. The van der Waals surface area contributed by atoms with Crippen LogP contribution >= 0.6 is 0 Å². The molecule has 1 aliphatic rings. The number of aliphatic hydroxyl groups excluding tert-OH is 1. The fraction of sp³-hybridized carbons (Fsp3) is 0.440. The molecule has 0 aliphatic carbocycles. The molecule has 0 bridgehead atoms. The first kappa shape index (κ1) is 28.1. The number of hydrogen-bond acceptors (Lipinski definition) is 7. The Labute approximate surface area is 217 Å². The van der Waals surface area contributed by atoms with Crippen LogP contribution in [0.4, 0.5) is 16.2 Å². The van der Waals surface area contributed by atoms with Crippen LogP contribution in [0.2, 0.25) is 0 Å². The topological polar surface area (TPSA) is 138 Å². The van der Waals surface area contributed by atoms with Gasteiger partial charge in [0.05, 0.1) is 43.8 Å². The van der Waals surface area contributed by atoms with Crippen molar-refractivity contribution in [1.29, 1.82) is 0 Å². The fourth-order valence-corrected chi connectivity index (χ4v) is 4.55. The van der Waals surface area contributed by atoms with Crippen molar-refractivity contribution in [3.8, 4) is 11.5 Å². The number of aliphatic hydroxyl groups is 1. The molecule has 3 atom stereocenters. The molecule has 1 heterocycles. The maximum absolute atomic E-state index is 13.4. The van der Waals surface area contributed by atoms with Gasteiger partial charge in [0.25, 0.3) is 5.91 Å². The van der Waals surface area contributed by atoms with Crippen molar-refractivity contribution >= 4 is 33.3 Å². The van der Waals surface area contributed by atoms with Gasteiger partial charge in [-0.1, -0.05) is 13.0 Å². The average Bonchev–Trinajstić information content (AvgIpc) is 2.85. The lowest BCUT2D eigenvalue weighted by molar-refractivity contribution is 0.0373. The van der Waals surface area contributed by atoms with Gasteiger partial charge in [0.1, 0.15) is 11.9 Å². The maximum Gasteiger partial charge on any atom is 0.321 e. The number of hydrogen-bond donors (Lipinski definition) is 3. The molecule has 2 aromatic carbocycles. The van der Waals surface area contributed by atoms with E-state index >= 15 is 0 Å². The minimum atomic E-state index is -3.67. The molecule has 0 aromatic heterocycles. The van der Waals surface area contributed by atoms with Crippen LogP contribution in [0.15, 0.2) is 42.5 Å². The third-order valence-electron chi connectivity index (χ3n) is 6.13. The summed E-state index contributed by atoms with van der Waals surface area (Å²) < 4.78 is 37.8. The van der Waals surface area contributed by atoms with Crippen molar-refractivity contribution in [1.82, 2.24) is 9.80 Å². The standard InChI is InChI=1S/C25H34N4O7S/c1-16-13-29(17(2)15-30)24(31)20-7-6-8-21(27-37(5,33)34)23(20)36-22(16)14-28(3)25(32)26-18-9-11-19(35-4)12-10-18/h6-12,16-17,22,27,30H,13-15H2,1-5H3,(H,26,32)/t16-,17-,22+/m1/s1. The smallest absolute Gasteiger partial charge is 0.321 e. The quantitative estimate of drug-likeness (QED) is 0.473. The van der Waals surface area contributed by atoms with Crippen LogP contribution in [0.3, 0.4) is 0 Å². The Morgan fingerprint density at radius 3 is 2.54 bits per heavy atom. The summed E-state index contributed by atoms with van der Waals surface area (Å²) in [4.78, 5) is 29.3. The number of ether oxygens (including phenoxy) is 2. The van der Waals surface area contributed by atoms with Crippen molar-refractivity contribution in [2.75, 3.05) is 50.1 Å². The molecule has 1 aliphatic heterocycles. The van der Waals surface area contributed by atoms with Crippen LogP contribution in [-0.4, -0.2) is 87.5 Å². The highest BCUT2D eigenvalue weighted by Gasteiger charge is 2.35. The molecule has 0 unspecified atom stereocenters. The molecule has 0 radical (unpaired) electrons. The van der Waals surface area contributed by atoms with E-state index in [0.717, 1.165) is 6.26 Å². The summed E-state index contributed by atoms with van der Waals surface area (Å²) in [5, 5.41) is 12.6. The Balaban J connectivity index is 1.91. The van der Waals surface area contributed by atoms with Crippen molar-refractivity contribution < 1.29 is 32.6 Å². The minimum absolute atomic E-state index is 0.0774. The van der Waals surface area contributed by atoms with Gasteiger partial charge in [0, 0.05) is 25.2 Å². The zero-order valence-electron chi connectivity index (χ0n) is 21.6. The number of anilines is 2. The molecule has 0 spiro atoms. The number of carbonyl (C=O) groups excluding carboxylic acids is 2. The lowest BCUT2D eigenvalue weighted by Crippen LogP contribution is -2.50. The second-order valence-corrected chi connectivity index (χ2v) is 11.0. The van der Waals surface area contributed by atoms with Gasteiger partial charge in [0.2, 0.25) is 10.0 Å². The molecule has 202 valence electrons. The lowest BCUT2D eigenvalue weighted by Gasteiger charge is -2.38. The Hall–Kier alpha value is -3.51. The number of amides is 3. The number of sulfonamides is 1. The minimum Gasteiger partial charge on any atom is -0.497 e. The normalized spacial score (nSPS) is 18.5. The number of nitrogens with zero attached hydrogens (tertiary/aromatic N) is 2. The van der Waals surface area contributed by atoms with Crippen LogP contribution in [0, 0.1) is 5.92 Å². The predicted octanol–water partition coefficient (Wildman–Crippen LogP) is 2.45. The number of rotatable bonds is 8. The van der Waals surface area contributed by atoms with Gasteiger partial charge in [-0.25, -0.2) is 13.2 Å². The monoisotopic (exact) mass is 534 g/mol. The summed E-state index contributed by atoms with van der Waals surface area (Å²) in [6, 6.07) is 10.7. The predicted molar refractivity (Wildman–Crippen MR) is 141 cm³/mol. The van der Waals surface area contributed by atoms with E-state index in [1.54, 1.807) is 62.4 Å². The van der Waals surface area contributed by atoms with Gasteiger partial charge < -0.3 is 29.7 Å². The summed E-state index contributed by atoms with van der Waals surface area (Å²) in [6.07, 6.45) is 0.406. The van der Waals surface area contributed by atoms with Gasteiger partial charge in [-0.2, -0.15) is 0 Å². The molecule has 3 rings (SSSR count). The number of nitrogens with one attached hydrogen (secondary N) is 2. The van der Waals surface area contributed by atoms with Crippen LogP contribution in [0.25, 0.3) is 0 Å². The first-order chi connectivity index (χ1) is 17.4. The number of para-hydroxylation sites is 1. The number of likely N-dealkylation sites (N-methyl/N-ethyl adjacent to an activating group) is 1. The summed E-state index contributed by atoms with van der Waals surface area (Å²) in [5.41, 5.74) is 0.869. The number of urea groups is 1. The zero-order valence-corrected chi connectivity index (χ0v) is 22.4. The molecule has 0 saturated carbocycles. The molecule has 2 aromatic rings. The van der Waals surface area contributed by atoms with Crippen molar-refractivity contribution in [3.63, 3.8) is 0 Å². The molecule has 0 fully saturated rings. The number of benzene rings is 2. The SMILES string of the molecule is COc1ccc(NC(=O)N(C)C[C@@H]2Oc3c(NS(C)(=O)=O)cccc3C(=O)N([C@H](C)CO)C[C@H]2C)cc1. The summed E-state index contributed by atoms with van der Waals surface area (Å²) in [6.45, 7) is 3.77.